The van der Waals surface area contributed by atoms with Gasteiger partial charge in [0.1, 0.15) is 21.9 Å². The van der Waals surface area contributed by atoms with E-state index in [1.54, 1.807) is 12.1 Å². The van der Waals surface area contributed by atoms with Crippen molar-refractivity contribution in [3.05, 3.63) is 70.1 Å². The Morgan fingerprint density at radius 3 is 2.64 bits per heavy atom. The van der Waals surface area contributed by atoms with Crippen molar-refractivity contribution in [2.24, 2.45) is 0 Å². The molecule has 3 rings (SSSR count). The Morgan fingerprint density at radius 2 is 1.91 bits per heavy atom. The summed E-state index contributed by atoms with van der Waals surface area (Å²) in [6, 6.07) is 14.4. The highest BCUT2D eigenvalue weighted by Crippen LogP contribution is 2.27. The molecule has 0 spiro atoms. The van der Waals surface area contributed by atoms with Gasteiger partial charge in [0.25, 0.3) is 0 Å². The second kappa shape index (κ2) is 5.61. The van der Waals surface area contributed by atoms with Crippen LogP contribution in [0, 0.1) is 6.92 Å². The second-order valence-electron chi connectivity index (χ2n) is 4.93. The Bertz CT molecular complexity index is 916. The summed E-state index contributed by atoms with van der Waals surface area (Å²) in [6.45, 7) is 1.89. The number of rotatable bonds is 2. The fraction of sp³-hybridized carbons (Fsp3) is 0.0588. The summed E-state index contributed by atoms with van der Waals surface area (Å²) in [4.78, 5) is 12.2. The second-order valence-corrected chi connectivity index (χ2v) is 5.34. The number of para-hydroxylation sites is 1. The van der Waals surface area contributed by atoms with Crippen molar-refractivity contribution < 1.29 is 9.52 Å². The van der Waals surface area contributed by atoms with Gasteiger partial charge in [-0.05, 0) is 31.2 Å². The molecule has 0 bridgehead atoms. The van der Waals surface area contributed by atoms with Crippen LogP contribution in [0.25, 0.3) is 11.0 Å². The lowest BCUT2D eigenvalue weighted by Gasteiger charge is -2.10. The lowest BCUT2D eigenvalue weighted by atomic mass is 10.1. The normalized spacial score (nSPS) is 10.6. The molecular formula is C17H13NO3S. The standard InChI is InChI=1S/C17H13NO3S/c1-10-7-8-13-12(9-10)15(19)14(17(20)21-13)16(22)18-11-5-3-2-4-6-11/h2-9,19H,1H3,(H,18,22). The Morgan fingerprint density at radius 1 is 1.18 bits per heavy atom. The van der Waals surface area contributed by atoms with Crippen LogP contribution in [-0.4, -0.2) is 10.1 Å². The molecule has 1 aromatic heterocycles. The summed E-state index contributed by atoms with van der Waals surface area (Å²) >= 11 is 5.24. The summed E-state index contributed by atoms with van der Waals surface area (Å²) in [5.74, 6) is -0.164. The zero-order chi connectivity index (χ0) is 15.7. The third-order valence-electron chi connectivity index (χ3n) is 3.29. The summed E-state index contributed by atoms with van der Waals surface area (Å²) in [5, 5.41) is 13.8. The Labute approximate surface area is 132 Å². The minimum atomic E-state index is -0.665. The summed E-state index contributed by atoms with van der Waals surface area (Å²) in [6.07, 6.45) is 0. The van der Waals surface area contributed by atoms with Crippen molar-refractivity contribution in [1.29, 1.82) is 0 Å². The van der Waals surface area contributed by atoms with Crippen LogP contribution in [0.1, 0.15) is 11.1 Å². The lowest BCUT2D eigenvalue weighted by molar-refractivity contribution is 0.466. The van der Waals surface area contributed by atoms with Gasteiger partial charge in [-0.15, -0.1) is 0 Å². The molecule has 0 saturated carbocycles. The summed E-state index contributed by atoms with van der Waals surface area (Å²) in [5.41, 5.74) is 1.32. The van der Waals surface area contributed by atoms with E-state index < -0.39 is 5.63 Å². The van der Waals surface area contributed by atoms with E-state index in [0.29, 0.717) is 11.0 Å². The quantitative estimate of drug-likeness (QED) is 0.559. The van der Waals surface area contributed by atoms with E-state index in [9.17, 15) is 9.90 Å². The van der Waals surface area contributed by atoms with Gasteiger partial charge in [-0.2, -0.15) is 0 Å². The number of thiocarbonyl (C=S) groups is 1. The summed E-state index contributed by atoms with van der Waals surface area (Å²) < 4.78 is 5.24. The average molecular weight is 311 g/mol. The molecule has 5 heteroatoms. The molecule has 0 radical (unpaired) electrons. The van der Waals surface area contributed by atoms with Crippen LogP contribution >= 0.6 is 12.2 Å². The molecule has 0 aliphatic rings. The van der Waals surface area contributed by atoms with Gasteiger partial charge in [-0.1, -0.05) is 42.0 Å². The third-order valence-corrected chi connectivity index (χ3v) is 3.60. The zero-order valence-electron chi connectivity index (χ0n) is 11.8. The summed E-state index contributed by atoms with van der Waals surface area (Å²) in [7, 11) is 0. The molecule has 110 valence electrons. The van der Waals surface area contributed by atoms with E-state index >= 15 is 0 Å². The van der Waals surface area contributed by atoms with Crippen LogP contribution in [0.15, 0.2) is 57.7 Å². The van der Waals surface area contributed by atoms with E-state index in [0.717, 1.165) is 11.3 Å². The first-order valence-electron chi connectivity index (χ1n) is 6.69. The van der Waals surface area contributed by atoms with Crippen LogP contribution in [0.3, 0.4) is 0 Å². The highest BCUT2D eigenvalue weighted by molar-refractivity contribution is 7.81. The van der Waals surface area contributed by atoms with E-state index in [2.05, 4.69) is 5.32 Å². The number of fused-ring (bicyclic) bond motifs is 1. The van der Waals surface area contributed by atoms with Crippen molar-refractivity contribution in [3.8, 4) is 5.75 Å². The molecule has 0 atom stereocenters. The van der Waals surface area contributed by atoms with E-state index in [1.807, 2.05) is 43.3 Å². The zero-order valence-corrected chi connectivity index (χ0v) is 12.6. The maximum absolute atomic E-state index is 12.1. The molecule has 0 aliphatic carbocycles. The van der Waals surface area contributed by atoms with Crippen molar-refractivity contribution in [3.63, 3.8) is 0 Å². The molecule has 1 heterocycles. The van der Waals surface area contributed by atoms with Crippen LogP contribution in [0.2, 0.25) is 0 Å². The van der Waals surface area contributed by atoms with Gasteiger partial charge in [-0.25, -0.2) is 4.79 Å². The topological polar surface area (TPSA) is 62.5 Å². The fourth-order valence-electron chi connectivity index (χ4n) is 2.22. The highest BCUT2D eigenvalue weighted by Gasteiger charge is 2.18. The van der Waals surface area contributed by atoms with Gasteiger partial charge in [0.15, 0.2) is 0 Å². The number of aromatic hydroxyl groups is 1. The minimum absolute atomic E-state index is 0.0306. The molecular weight excluding hydrogens is 298 g/mol. The van der Waals surface area contributed by atoms with Crippen molar-refractivity contribution in [1.82, 2.24) is 0 Å². The molecule has 2 aromatic carbocycles. The first kappa shape index (κ1) is 14.3. The van der Waals surface area contributed by atoms with Crippen molar-refractivity contribution >= 4 is 33.9 Å². The maximum Gasteiger partial charge on any atom is 0.350 e. The number of hydrogen-bond donors (Lipinski definition) is 2. The van der Waals surface area contributed by atoms with Gasteiger partial charge in [-0.3, -0.25) is 0 Å². The molecule has 0 aliphatic heterocycles. The molecule has 2 N–H and O–H groups in total. The number of hydrogen-bond acceptors (Lipinski definition) is 4. The number of anilines is 1. The Kier molecular flexibility index (Phi) is 3.65. The van der Waals surface area contributed by atoms with Crippen LogP contribution < -0.4 is 10.9 Å². The molecule has 0 fully saturated rings. The van der Waals surface area contributed by atoms with Gasteiger partial charge in [0.2, 0.25) is 0 Å². The van der Waals surface area contributed by atoms with Gasteiger partial charge in [0.05, 0.1) is 5.39 Å². The molecule has 22 heavy (non-hydrogen) atoms. The fourth-order valence-corrected chi connectivity index (χ4v) is 2.51. The van der Waals surface area contributed by atoms with E-state index in [1.165, 1.54) is 0 Å². The van der Waals surface area contributed by atoms with Gasteiger partial charge >= 0.3 is 5.63 Å². The predicted octanol–water partition coefficient (Wildman–Crippen LogP) is 3.59. The lowest BCUT2D eigenvalue weighted by Crippen LogP contribution is -2.20. The Hall–Kier alpha value is -2.66. The first-order valence-corrected chi connectivity index (χ1v) is 7.10. The predicted molar refractivity (Wildman–Crippen MR) is 90.7 cm³/mol. The number of benzene rings is 2. The molecule has 4 nitrogen and oxygen atoms in total. The molecule has 0 amide bonds. The molecule has 0 saturated heterocycles. The van der Waals surface area contributed by atoms with E-state index in [-0.39, 0.29) is 16.3 Å². The molecule has 3 aromatic rings. The highest BCUT2D eigenvalue weighted by atomic mass is 32.1. The van der Waals surface area contributed by atoms with Crippen molar-refractivity contribution in [2.75, 3.05) is 5.32 Å². The third kappa shape index (κ3) is 2.58. The first-order chi connectivity index (χ1) is 10.6. The van der Waals surface area contributed by atoms with Crippen molar-refractivity contribution in [2.45, 2.75) is 6.92 Å². The van der Waals surface area contributed by atoms with Gasteiger partial charge in [0, 0.05) is 5.69 Å². The smallest absolute Gasteiger partial charge is 0.350 e. The average Bonchev–Trinajstić information content (AvgIpc) is 2.49. The minimum Gasteiger partial charge on any atom is -0.506 e. The SMILES string of the molecule is Cc1ccc2oc(=O)c(C(=S)Nc3ccccc3)c(O)c2c1. The van der Waals surface area contributed by atoms with Crippen LogP contribution in [0.5, 0.6) is 5.75 Å². The van der Waals surface area contributed by atoms with Gasteiger partial charge < -0.3 is 14.8 Å². The Balaban J connectivity index is 2.10. The maximum atomic E-state index is 12.1. The molecule has 0 unspecified atom stereocenters. The van der Waals surface area contributed by atoms with Crippen LogP contribution in [-0.2, 0) is 0 Å². The number of nitrogens with one attached hydrogen (secondary N) is 1. The largest absolute Gasteiger partial charge is 0.506 e. The number of aryl methyl sites for hydroxylation is 1. The van der Waals surface area contributed by atoms with E-state index in [4.69, 9.17) is 16.6 Å². The monoisotopic (exact) mass is 311 g/mol. The van der Waals surface area contributed by atoms with Crippen LogP contribution in [0.4, 0.5) is 5.69 Å².